The number of piperazine rings is 1. The number of nitrogens with zero attached hydrogens (tertiary/aromatic N) is 5. The highest BCUT2D eigenvalue weighted by Crippen LogP contribution is 2.38. The monoisotopic (exact) mass is 478 g/mol. The number of nitrogens with one attached hydrogen (secondary N) is 1. The average Bonchev–Trinajstić information content (AvgIpc) is 3.42. The van der Waals surface area contributed by atoms with Crippen molar-refractivity contribution in [2.24, 2.45) is 5.92 Å². The van der Waals surface area contributed by atoms with Gasteiger partial charge in [-0.1, -0.05) is 0 Å². The molecule has 0 saturated carbocycles. The van der Waals surface area contributed by atoms with Crippen molar-refractivity contribution in [1.29, 1.82) is 0 Å². The Balaban J connectivity index is 1.36. The van der Waals surface area contributed by atoms with Crippen LogP contribution >= 0.6 is 0 Å². The summed E-state index contributed by atoms with van der Waals surface area (Å²) in [6.07, 6.45) is 5.93. The van der Waals surface area contributed by atoms with Crippen LogP contribution in [-0.2, 0) is 22.6 Å². The number of hydrogen-bond acceptors (Lipinski definition) is 7. The van der Waals surface area contributed by atoms with Gasteiger partial charge in [-0.3, -0.25) is 29.6 Å². The van der Waals surface area contributed by atoms with E-state index >= 15 is 0 Å². The summed E-state index contributed by atoms with van der Waals surface area (Å²) in [6.45, 7) is 4.38. The molecule has 2 aromatic rings. The zero-order valence-electron chi connectivity index (χ0n) is 19.6. The van der Waals surface area contributed by atoms with Gasteiger partial charge in [-0.2, -0.15) is 0 Å². The zero-order chi connectivity index (χ0) is 24.4. The quantitative estimate of drug-likeness (QED) is 0.496. The van der Waals surface area contributed by atoms with Crippen molar-refractivity contribution < 1.29 is 14.5 Å². The highest BCUT2D eigenvalue weighted by atomic mass is 16.6. The molecule has 0 spiro atoms. The number of amides is 2. The second-order valence-corrected chi connectivity index (χ2v) is 9.54. The molecule has 2 saturated heterocycles. The Hall–Kier alpha value is -3.53. The molecule has 2 unspecified atom stereocenters. The smallest absolute Gasteiger partial charge is 0.269 e. The fourth-order valence-electron chi connectivity index (χ4n) is 5.50. The summed E-state index contributed by atoms with van der Waals surface area (Å²) < 4.78 is 0. The molecule has 2 amide bonds. The summed E-state index contributed by atoms with van der Waals surface area (Å²) in [4.78, 5) is 47.5. The van der Waals surface area contributed by atoms with Crippen LogP contribution in [0.2, 0.25) is 0 Å². The van der Waals surface area contributed by atoms with E-state index in [4.69, 9.17) is 0 Å². The molecular formula is C25H30N6O4. The Morgan fingerprint density at radius 3 is 2.60 bits per heavy atom. The molecule has 4 heterocycles. The molecule has 5 rings (SSSR count). The summed E-state index contributed by atoms with van der Waals surface area (Å²) >= 11 is 0. The lowest BCUT2D eigenvalue weighted by atomic mass is 9.83. The molecule has 10 heteroatoms. The minimum absolute atomic E-state index is 0.0352. The van der Waals surface area contributed by atoms with Gasteiger partial charge >= 0.3 is 0 Å². The number of carbonyl (C=O) groups is 2. The molecule has 10 nitrogen and oxygen atoms in total. The van der Waals surface area contributed by atoms with Crippen molar-refractivity contribution in [2.45, 2.75) is 31.8 Å². The Morgan fingerprint density at radius 2 is 1.86 bits per heavy atom. The minimum Gasteiger partial charge on any atom is -0.365 e. The molecule has 2 fully saturated rings. The molecule has 3 aliphatic rings. The first-order chi connectivity index (χ1) is 17.0. The first-order valence-electron chi connectivity index (χ1n) is 12.2. The molecule has 0 radical (unpaired) electrons. The highest BCUT2D eigenvalue weighted by molar-refractivity contribution is 5.82. The average molecular weight is 479 g/mol. The molecular weight excluding hydrogens is 448 g/mol. The van der Waals surface area contributed by atoms with E-state index in [0.717, 1.165) is 42.7 Å². The van der Waals surface area contributed by atoms with E-state index in [2.05, 4.69) is 20.1 Å². The number of benzene rings is 1. The van der Waals surface area contributed by atoms with Gasteiger partial charge in [-0.15, -0.1) is 0 Å². The van der Waals surface area contributed by atoms with Gasteiger partial charge in [0, 0.05) is 69.5 Å². The Kier molecular flexibility index (Phi) is 6.63. The lowest BCUT2D eigenvalue weighted by molar-refractivity contribution is -0.384. The maximum absolute atomic E-state index is 13.4. The van der Waals surface area contributed by atoms with Gasteiger partial charge in [0.25, 0.3) is 5.69 Å². The molecule has 0 bridgehead atoms. The Morgan fingerprint density at radius 1 is 1.09 bits per heavy atom. The van der Waals surface area contributed by atoms with Crippen molar-refractivity contribution in [3.63, 3.8) is 0 Å². The first kappa shape index (κ1) is 23.2. The largest absolute Gasteiger partial charge is 0.365 e. The van der Waals surface area contributed by atoms with E-state index in [-0.39, 0.29) is 29.5 Å². The molecule has 35 heavy (non-hydrogen) atoms. The van der Waals surface area contributed by atoms with Crippen molar-refractivity contribution in [3.05, 3.63) is 64.0 Å². The zero-order valence-corrected chi connectivity index (χ0v) is 19.6. The summed E-state index contributed by atoms with van der Waals surface area (Å²) in [5.41, 5.74) is 2.76. The van der Waals surface area contributed by atoms with E-state index < -0.39 is 4.92 Å². The van der Waals surface area contributed by atoms with Crippen molar-refractivity contribution in [2.75, 3.05) is 44.2 Å². The Bertz CT molecular complexity index is 1100. The number of non-ortho nitro benzene ring substituents is 1. The number of likely N-dealkylation sites (tertiary alicyclic amines) is 1. The van der Waals surface area contributed by atoms with Crippen LogP contribution in [0.1, 0.15) is 24.0 Å². The number of fused-ring (bicyclic) bond motifs is 3. The fourth-order valence-corrected chi connectivity index (χ4v) is 5.50. The number of pyridine rings is 1. The van der Waals surface area contributed by atoms with Gasteiger partial charge in [-0.05, 0) is 48.6 Å². The van der Waals surface area contributed by atoms with Gasteiger partial charge < -0.3 is 15.1 Å². The number of hydrogen-bond donors (Lipinski definition) is 1. The van der Waals surface area contributed by atoms with E-state index in [1.165, 1.54) is 6.07 Å². The van der Waals surface area contributed by atoms with E-state index in [9.17, 15) is 19.7 Å². The van der Waals surface area contributed by atoms with Gasteiger partial charge in [0.1, 0.15) is 0 Å². The summed E-state index contributed by atoms with van der Waals surface area (Å²) in [7, 11) is 0. The maximum Gasteiger partial charge on any atom is 0.269 e. The van der Waals surface area contributed by atoms with Gasteiger partial charge in [0.2, 0.25) is 11.8 Å². The maximum atomic E-state index is 13.4. The summed E-state index contributed by atoms with van der Waals surface area (Å²) in [5, 5.41) is 14.4. The van der Waals surface area contributed by atoms with Crippen LogP contribution in [0.4, 0.5) is 11.4 Å². The third-order valence-electron chi connectivity index (χ3n) is 7.36. The number of anilines is 1. The summed E-state index contributed by atoms with van der Waals surface area (Å²) in [6, 6.07) is 8.54. The van der Waals surface area contributed by atoms with E-state index in [0.29, 0.717) is 39.1 Å². The number of aromatic nitrogens is 1. The predicted octanol–water partition coefficient (Wildman–Crippen LogP) is 1.59. The molecule has 0 aliphatic carbocycles. The van der Waals surface area contributed by atoms with Crippen molar-refractivity contribution >= 4 is 23.2 Å². The number of nitro groups is 1. The van der Waals surface area contributed by atoms with Crippen molar-refractivity contribution in [1.82, 2.24) is 20.1 Å². The lowest BCUT2D eigenvalue weighted by Crippen LogP contribution is -2.62. The molecule has 1 aromatic heterocycles. The SMILES string of the molecule is O=C(NCc1ccncc1)C1Cc2cc([N+](=O)[O-])ccc2N2CCN(CC(=O)N3CCCC3)CC12. The van der Waals surface area contributed by atoms with Crippen LogP contribution in [0.3, 0.4) is 0 Å². The van der Waals surface area contributed by atoms with Crippen molar-refractivity contribution in [3.8, 4) is 0 Å². The van der Waals surface area contributed by atoms with E-state index in [1.807, 2.05) is 17.0 Å². The van der Waals surface area contributed by atoms with Gasteiger partial charge in [-0.25, -0.2) is 0 Å². The number of nitro benzene ring substituents is 1. The second kappa shape index (κ2) is 9.99. The number of rotatable bonds is 6. The third-order valence-corrected chi connectivity index (χ3v) is 7.36. The van der Waals surface area contributed by atoms with E-state index in [1.54, 1.807) is 24.5 Å². The standard InChI is InChI=1S/C25H30N6O4/c32-24(29-9-1-2-10-29)17-28-11-12-30-22-4-3-20(31(34)35)13-19(22)14-21(23(30)16-28)25(33)27-15-18-5-7-26-8-6-18/h3-8,13,21,23H,1-2,9-12,14-17H2,(H,27,33). The predicted molar refractivity (Wildman–Crippen MR) is 130 cm³/mol. The molecule has 3 aliphatic heterocycles. The normalized spacial score (nSPS) is 21.8. The van der Waals surface area contributed by atoms with Crippen LogP contribution in [-0.4, -0.2) is 76.8 Å². The molecule has 1 N–H and O–H groups in total. The summed E-state index contributed by atoms with van der Waals surface area (Å²) in [5.74, 6) is -0.306. The van der Waals surface area contributed by atoms with Crippen LogP contribution < -0.4 is 10.2 Å². The van der Waals surface area contributed by atoms with Gasteiger partial charge in [0.15, 0.2) is 0 Å². The molecule has 1 aromatic carbocycles. The Labute approximate surface area is 204 Å². The van der Waals surface area contributed by atoms with Gasteiger partial charge in [0.05, 0.1) is 23.4 Å². The third kappa shape index (κ3) is 4.97. The minimum atomic E-state index is -0.396. The second-order valence-electron chi connectivity index (χ2n) is 9.54. The lowest BCUT2D eigenvalue weighted by Gasteiger charge is -2.49. The number of carbonyl (C=O) groups excluding carboxylic acids is 2. The topological polar surface area (TPSA) is 112 Å². The molecule has 2 atom stereocenters. The first-order valence-corrected chi connectivity index (χ1v) is 12.2. The highest BCUT2D eigenvalue weighted by Gasteiger charge is 2.42. The molecule has 184 valence electrons. The van der Waals surface area contributed by atoms with Crippen LogP contribution in [0.25, 0.3) is 0 Å². The van der Waals surface area contributed by atoms with Crippen LogP contribution in [0.15, 0.2) is 42.7 Å². The fraction of sp³-hybridized carbons (Fsp3) is 0.480. The van der Waals surface area contributed by atoms with Crippen LogP contribution in [0, 0.1) is 16.0 Å². The van der Waals surface area contributed by atoms with Crippen LogP contribution in [0.5, 0.6) is 0 Å².